The average molecular weight is 346 g/mol. The molecule has 0 spiro atoms. The van der Waals surface area contributed by atoms with E-state index in [1.54, 1.807) is 0 Å². The van der Waals surface area contributed by atoms with Gasteiger partial charge in [0, 0.05) is 17.1 Å². The van der Waals surface area contributed by atoms with Crippen LogP contribution in [0, 0.1) is 0 Å². The Morgan fingerprint density at radius 2 is 1.62 bits per heavy atom. The van der Waals surface area contributed by atoms with Crippen LogP contribution in [-0.4, -0.2) is 19.0 Å². The van der Waals surface area contributed by atoms with E-state index < -0.39 is 0 Å². The van der Waals surface area contributed by atoms with Crippen LogP contribution in [0.3, 0.4) is 0 Å². The largest absolute Gasteiger partial charge is 0.352 e. The summed E-state index contributed by atoms with van der Waals surface area (Å²) in [4.78, 5) is 13.7. The molecule has 0 unspecified atom stereocenters. The Hall–Kier alpha value is -1.84. The third-order valence-corrected chi connectivity index (χ3v) is 4.56. The summed E-state index contributed by atoms with van der Waals surface area (Å²) in [7, 11) is 0. The fourth-order valence-corrected chi connectivity index (χ4v) is 2.84. The molecule has 2 aromatic rings. The minimum absolute atomic E-state index is 0.0299. The van der Waals surface area contributed by atoms with Crippen molar-refractivity contribution in [3.05, 3.63) is 70.2 Å². The van der Waals surface area contributed by atoms with E-state index in [1.165, 1.54) is 16.0 Å². The fourth-order valence-electron chi connectivity index (χ4n) is 2.72. The first-order valence-electron chi connectivity index (χ1n) is 8.53. The molecule has 0 aliphatic carbocycles. The van der Waals surface area contributed by atoms with E-state index in [1.807, 2.05) is 30.3 Å². The first kappa shape index (κ1) is 18.5. The molecule has 0 aromatic heterocycles. The molecule has 2 N–H and O–H groups in total. The standard InChI is InChI=1S/C20H25ClN2O/c1-3-23(4-2)15-18-8-6-5-7-17(18)14-22-20(24)13-16-9-11-19(21)12-10-16/h5-12H,3-4,13-15H2,1-2H3,(H,22,24)/p+1. The molecule has 0 saturated heterocycles. The van der Waals surface area contributed by atoms with Crippen LogP contribution in [0.2, 0.25) is 5.02 Å². The van der Waals surface area contributed by atoms with Crippen molar-refractivity contribution < 1.29 is 9.69 Å². The Labute approximate surface area is 149 Å². The predicted molar refractivity (Wildman–Crippen MR) is 99.2 cm³/mol. The van der Waals surface area contributed by atoms with Crippen LogP contribution < -0.4 is 10.2 Å². The van der Waals surface area contributed by atoms with Crippen molar-refractivity contribution in [2.24, 2.45) is 0 Å². The van der Waals surface area contributed by atoms with Gasteiger partial charge in [0.2, 0.25) is 5.91 Å². The summed E-state index contributed by atoms with van der Waals surface area (Å²) in [6.07, 6.45) is 0.376. The van der Waals surface area contributed by atoms with Crippen molar-refractivity contribution in [2.45, 2.75) is 33.4 Å². The molecule has 0 saturated carbocycles. The second-order valence-corrected chi connectivity index (χ2v) is 6.42. The number of carbonyl (C=O) groups excluding carboxylic acids is 1. The second kappa shape index (κ2) is 9.45. The minimum Gasteiger partial charge on any atom is -0.352 e. The van der Waals surface area contributed by atoms with Crippen LogP contribution in [0.4, 0.5) is 0 Å². The molecule has 0 bridgehead atoms. The quantitative estimate of drug-likeness (QED) is 0.757. The fraction of sp³-hybridized carbons (Fsp3) is 0.350. The number of benzene rings is 2. The maximum atomic E-state index is 12.2. The summed E-state index contributed by atoms with van der Waals surface area (Å²) in [6.45, 7) is 8.19. The van der Waals surface area contributed by atoms with Gasteiger partial charge in [-0.05, 0) is 37.1 Å². The maximum absolute atomic E-state index is 12.2. The van der Waals surface area contributed by atoms with Crippen molar-refractivity contribution in [1.29, 1.82) is 0 Å². The number of hydrogen-bond donors (Lipinski definition) is 2. The van der Waals surface area contributed by atoms with E-state index in [9.17, 15) is 4.79 Å². The molecule has 0 atom stereocenters. The van der Waals surface area contributed by atoms with Gasteiger partial charge in [-0.25, -0.2) is 0 Å². The van der Waals surface area contributed by atoms with Gasteiger partial charge >= 0.3 is 0 Å². The van der Waals surface area contributed by atoms with Gasteiger partial charge in [-0.3, -0.25) is 4.79 Å². The van der Waals surface area contributed by atoms with Crippen molar-refractivity contribution in [3.8, 4) is 0 Å². The zero-order valence-electron chi connectivity index (χ0n) is 14.4. The van der Waals surface area contributed by atoms with Crippen LogP contribution in [0.1, 0.15) is 30.5 Å². The highest BCUT2D eigenvalue weighted by Gasteiger charge is 2.10. The van der Waals surface area contributed by atoms with Gasteiger partial charge in [0.25, 0.3) is 0 Å². The third-order valence-electron chi connectivity index (χ3n) is 4.31. The van der Waals surface area contributed by atoms with Crippen molar-refractivity contribution in [1.82, 2.24) is 5.32 Å². The second-order valence-electron chi connectivity index (χ2n) is 5.98. The number of hydrogen-bond acceptors (Lipinski definition) is 1. The van der Waals surface area contributed by atoms with Crippen LogP contribution in [-0.2, 0) is 24.3 Å². The summed E-state index contributed by atoms with van der Waals surface area (Å²) in [5.41, 5.74) is 3.47. The summed E-state index contributed by atoms with van der Waals surface area (Å²) in [6, 6.07) is 15.8. The van der Waals surface area contributed by atoms with Gasteiger partial charge in [0.05, 0.1) is 19.5 Å². The lowest BCUT2D eigenvalue weighted by Crippen LogP contribution is -3.10. The smallest absolute Gasteiger partial charge is 0.224 e. The van der Waals surface area contributed by atoms with E-state index >= 15 is 0 Å². The SMILES string of the molecule is CC[NH+](CC)Cc1ccccc1CNC(=O)Cc1ccc(Cl)cc1. The average Bonchev–Trinajstić information content (AvgIpc) is 2.60. The Kier molecular flexibility index (Phi) is 7.29. The predicted octanol–water partition coefficient (Wildman–Crippen LogP) is 2.62. The number of halogens is 1. The minimum atomic E-state index is 0.0299. The number of nitrogens with one attached hydrogen (secondary N) is 2. The zero-order chi connectivity index (χ0) is 17.4. The Morgan fingerprint density at radius 3 is 2.25 bits per heavy atom. The number of rotatable bonds is 8. The molecular weight excluding hydrogens is 320 g/mol. The highest BCUT2D eigenvalue weighted by molar-refractivity contribution is 6.30. The topological polar surface area (TPSA) is 33.5 Å². The molecule has 24 heavy (non-hydrogen) atoms. The lowest BCUT2D eigenvalue weighted by atomic mass is 10.1. The first-order valence-corrected chi connectivity index (χ1v) is 8.91. The van der Waals surface area contributed by atoms with E-state index in [0.29, 0.717) is 18.0 Å². The first-order chi connectivity index (χ1) is 11.6. The van der Waals surface area contributed by atoms with Crippen LogP contribution >= 0.6 is 11.6 Å². The lowest BCUT2D eigenvalue weighted by molar-refractivity contribution is -0.910. The Morgan fingerprint density at radius 1 is 1.00 bits per heavy atom. The molecule has 0 aliphatic heterocycles. The molecule has 4 heteroatoms. The van der Waals surface area contributed by atoms with Crippen molar-refractivity contribution >= 4 is 17.5 Å². The van der Waals surface area contributed by atoms with Gasteiger partial charge < -0.3 is 10.2 Å². The third kappa shape index (κ3) is 5.66. The number of carbonyl (C=O) groups is 1. The molecule has 3 nitrogen and oxygen atoms in total. The van der Waals surface area contributed by atoms with Gasteiger partial charge in [-0.15, -0.1) is 0 Å². The van der Waals surface area contributed by atoms with Gasteiger partial charge in [0.15, 0.2) is 0 Å². The lowest BCUT2D eigenvalue weighted by Gasteiger charge is -2.18. The molecular formula is C20H26ClN2O+. The monoisotopic (exact) mass is 345 g/mol. The number of quaternary nitrogens is 1. The van der Waals surface area contributed by atoms with E-state index in [4.69, 9.17) is 11.6 Å². The Bertz CT molecular complexity index is 651. The summed E-state index contributed by atoms with van der Waals surface area (Å²) < 4.78 is 0. The molecule has 0 radical (unpaired) electrons. The van der Waals surface area contributed by atoms with Crippen molar-refractivity contribution in [2.75, 3.05) is 13.1 Å². The molecule has 0 aliphatic rings. The molecule has 1 amide bonds. The van der Waals surface area contributed by atoms with Crippen molar-refractivity contribution in [3.63, 3.8) is 0 Å². The van der Waals surface area contributed by atoms with E-state index in [0.717, 1.165) is 25.2 Å². The van der Waals surface area contributed by atoms with Gasteiger partial charge in [-0.1, -0.05) is 48.0 Å². The molecule has 0 heterocycles. The molecule has 2 rings (SSSR count). The Balaban J connectivity index is 1.93. The summed E-state index contributed by atoms with van der Waals surface area (Å²) in [5.74, 6) is 0.0299. The van der Waals surface area contributed by atoms with Gasteiger partial charge in [-0.2, -0.15) is 0 Å². The molecule has 2 aromatic carbocycles. The van der Waals surface area contributed by atoms with Crippen LogP contribution in [0.15, 0.2) is 48.5 Å². The summed E-state index contributed by atoms with van der Waals surface area (Å²) >= 11 is 5.87. The normalized spacial score (nSPS) is 10.8. The molecule has 128 valence electrons. The molecule has 0 fully saturated rings. The maximum Gasteiger partial charge on any atom is 0.224 e. The highest BCUT2D eigenvalue weighted by atomic mass is 35.5. The van der Waals surface area contributed by atoms with Crippen LogP contribution in [0.25, 0.3) is 0 Å². The van der Waals surface area contributed by atoms with E-state index in [-0.39, 0.29) is 5.91 Å². The highest BCUT2D eigenvalue weighted by Crippen LogP contribution is 2.10. The zero-order valence-corrected chi connectivity index (χ0v) is 15.2. The van der Waals surface area contributed by atoms with E-state index in [2.05, 4.69) is 37.4 Å². The summed E-state index contributed by atoms with van der Waals surface area (Å²) in [5, 5.41) is 3.72. The van der Waals surface area contributed by atoms with Gasteiger partial charge in [0.1, 0.15) is 6.54 Å². The van der Waals surface area contributed by atoms with Crippen LogP contribution in [0.5, 0.6) is 0 Å². The number of amides is 1.